The van der Waals surface area contributed by atoms with E-state index < -0.39 is 10.2 Å². The molecule has 0 atom stereocenters. The highest BCUT2D eigenvalue weighted by Crippen LogP contribution is 2.24. The van der Waals surface area contributed by atoms with Gasteiger partial charge in [0, 0.05) is 30.7 Å². The van der Waals surface area contributed by atoms with E-state index in [0.717, 1.165) is 10.0 Å². The molecule has 100 valence electrons. The van der Waals surface area contributed by atoms with Crippen molar-refractivity contribution in [2.75, 3.05) is 30.9 Å². The Morgan fingerprint density at radius 2 is 2.00 bits per heavy atom. The third-order valence-corrected chi connectivity index (χ3v) is 5.30. The molecule has 0 spiro atoms. The van der Waals surface area contributed by atoms with Crippen LogP contribution in [0.3, 0.4) is 0 Å². The minimum Gasteiger partial charge on any atom is -0.314 e. The Balaban J connectivity index is 2.19. The summed E-state index contributed by atoms with van der Waals surface area (Å²) in [4.78, 5) is 0. The molecule has 2 rings (SSSR count). The van der Waals surface area contributed by atoms with E-state index in [9.17, 15) is 8.42 Å². The topological polar surface area (TPSA) is 61.4 Å². The second-order valence-electron chi connectivity index (χ2n) is 4.17. The second-order valence-corrected chi connectivity index (χ2v) is 6.69. The van der Waals surface area contributed by atoms with Gasteiger partial charge in [0.2, 0.25) is 0 Å². The fourth-order valence-electron chi connectivity index (χ4n) is 1.81. The molecule has 0 unspecified atom stereocenters. The van der Waals surface area contributed by atoms with E-state index in [1.807, 2.05) is 19.1 Å². The van der Waals surface area contributed by atoms with Crippen LogP contribution in [0.1, 0.15) is 5.56 Å². The summed E-state index contributed by atoms with van der Waals surface area (Å²) in [7, 11) is -3.45. The maximum Gasteiger partial charge on any atom is 0.301 e. The monoisotopic (exact) mass is 333 g/mol. The Kier molecular flexibility index (Phi) is 4.26. The van der Waals surface area contributed by atoms with Crippen LogP contribution in [0.4, 0.5) is 5.69 Å². The predicted molar refractivity (Wildman–Crippen MR) is 75.9 cm³/mol. The molecule has 1 aromatic rings. The van der Waals surface area contributed by atoms with Gasteiger partial charge in [0.1, 0.15) is 0 Å². The Bertz CT molecular complexity index is 527. The first kappa shape index (κ1) is 13.8. The fourth-order valence-corrected chi connectivity index (χ4v) is 3.46. The van der Waals surface area contributed by atoms with Gasteiger partial charge in [-0.2, -0.15) is 12.7 Å². The van der Waals surface area contributed by atoms with Crippen molar-refractivity contribution in [2.24, 2.45) is 0 Å². The summed E-state index contributed by atoms with van der Waals surface area (Å²) >= 11 is 3.39. The second kappa shape index (κ2) is 5.56. The molecule has 0 aliphatic carbocycles. The van der Waals surface area contributed by atoms with Crippen LogP contribution >= 0.6 is 15.9 Å². The Hall–Kier alpha value is -0.630. The lowest BCUT2D eigenvalue weighted by Gasteiger charge is -2.27. The van der Waals surface area contributed by atoms with Gasteiger partial charge < -0.3 is 5.32 Å². The highest BCUT2D eigenvalue weighted by atomic mass is 79.9. The van der Waals surface area contributed by atoms with Crippen LogP contribution in [0.15, 0.2) is 22.7 Å². The third kappa shape index (κ3) is 3.03. The van der Waals surface area contributed by atoms with Crippen LogP contribution in [0.25, 0.3) is 0 Å². The van der Waals surface area contributed by atoms with Crippen molar-refractivity contribution in [1.82, 2.24) is 9.62 Å². The molecular weight excluding hydrogens is 318 g/mol. The fraction of sp³-hybridized carbons (Fsp3) is 0.455. The van der Waals surface area contributed by atoms with E-state index in [1.165, 1.54) is 4.31 Å². The van der Waals surface area contributed by atoms with E-state index in [2.05, 4.69) is 26.0 Å². The van der Waals surface area contributed by atoms with Crippen LogP contribution < -0.4 is 10.0 Å². The molecule has 0 bridgehead atoms. The van der Waals surface area contributed by atoms with Gasteiger partial charge in [-0.05, 0) is 24.6 Å². The zero-order valence-corrected chi connectivity index (χ0v) is 12.5. The number of nitrogens with zero attached hydrogens (tertiary/aromatic N) is 1. The molecule has 5 nitrogen and oxygen atoms in total. The number of hydrogen-bond donors (Lipinski definition) is 2. The van der Waals surface area contributed by atoms with Gasteiger partial charge >= 0.3 is 10.2 Å². The third-order valence-electron chi connectivity index (χ3n) is 2.92. The minimum absolute atomic E-state index is 0.502. The molecule has 0 amide bonds. The molecule has 0 radical (unpaired) electrons. The summed E-state index contributed by atoms with van der Waals surface area (Å²) in [5.74, 6) is 0. The molecule has 0 aromatic heterocycles. The maximum absolute atomic E-state index is 12.2. The first-order valence-corrected chi connectivity index (χ1v) is 7.98. The molecule has 0 saturated carbocycles. The summed E-state index contributed by atoms with van der Waals surface area (Å²) in [5, 5.41) is 3.13. The summed E-state index contributed by atoms with van der Waals surface area (Å²) in [6, 6.07) is 5.46. The van der Waals surface area contributed by atoms with E-state index in [0.29, 0.717) is 31.9 Å². The lowest BCUT2D eigenvalue weighted by Crippen LogP contribution is -2.48. The van der Waals surface area contributed by atoms with Crippen LogP contribution in [-0.4, -0.2) is 38.9 Å². The number of anilines is 1. The zero-order chi connectivity index (χ0) is 13.2. The first-order chi connectivity index (χ1) is 8.50. The van der Waals surface area contributed by atoms with E-state index >= 15 is 0 Å². The number of nitrogens with one attached hydrogen (secondary N) is 2. The molecule has 2 N–H and O–H groups in total. The summed E-state index contributed by atoms with van der Waals surface area (Å²) in [5.41, 5.74) is 1.50. The quantitative estimate of drug-likeness (QED) is 0.876. The van der Waals surface area contributed by atoms with Crippen LogP contribution in [0.5, 0.6) is 0 Å². The van der Waals surface area contributed by atoms with Gasteiger partial charge in [-0.25, -0.2) is 0 Å². The van der Waals surface area contributed by atoms with Gasteiger partial charge in [0.05, 0.1) is 5.69 Å². The normalized spacial score (nSPS) is 17.7. The van der Waals surface area contributed by atoms with Gasteiger partial charge in [-0.15, -0.1) is 0 Å². The van der Waals surface area contributed by atoms with E-state index in [-0.39, 0.29) is 0 Å². The van der Waals surface area contributed by atoms with Crippen molar-refractivity contribution < 1.29 is 8.42 Å². The van der Waals surface area contributed by atoms with Crippen molar-refractivity contribution in [3.8, 4) is 0 Å². The average Bonchev–Trinajstić information content (AvgIpc) is 2.36. The van der Waals surface area contributed by atoms with Crippen molar-refractivity contribution in [3.63, 3.8) is 0 Å². The summed E-state index contributed by atoms with van der Waals surface area (Å²) in [6.07, 6.45) is 0. The molecule has 1 saturated heterocycles. The van der Waals surface area contributed by atoms with Gasteiger partial charge in [-0.1, -0.05) is 22.0 Å². The molecule has 1 aliphatic rings. The lowest BCUT2D eigenvalue weighted by atomic mass is 10.2. The maximum atomic E-state index is 12.2. The summed E-state index contributed by atoms with van der Waals surface area (Å²) < 4.78 is 29.4. The van der Waals surface area contributed by atoms with Gasteiger partial charge in [-0.3, -0.25) is 4.72 Å². The lowest BCUT2D eigenvalue weighted by molar-refractivity contribution is 0.362. The van der Waals surface area contributed by atoms with Crippen molar-refractivity contribution >= 4 is 31.8 Å². The number of rotatable bonds is 3. The smallest absolute Gasteiger partial charge is 0.301 e. The molecule has 7 heteroatoms. The first-order valence-electron chi connectivity index (χ1n) is 5.74. The number of piperazine rings is 1. The Labute approximate surface area is 116 Å². The molecule has 18 heavy (non-hydrogen) atoms. The van der Waals surface area contributed by atoms with Gasteiger partial charge in [0.15, 0.2) is 0 Å². The van der Waals surface area contributed by atoms with Gasteiger partial charge in [0.25, 0.3) is 0 Å². The number of halogens is 1. The number of hydrogen-bond acceptors (Lipinski definition) is 3. The Morgan fingerprint density at radius 3 is 2.67 bits per heavy atom. The molecule has 1 fully saturated rings. The average molecular weight is 334 g/mol. The minimum atomic E-state index is -3.45. The van der Waals surface area contributed by atoms with Crippen LogP contribution in [0.2, 0.25) is 0 Å². The van der Waals surface area contributed by atoms with Crippen molar-refractivity contribution in [2.45, 2.75) is 6.92 Å². The highest BCUT2D eigenvalue weighted by Gasteiger charge is 2.24. The highest BCUT2D eigenvalue weighted by molar-refractivity contribution is 9.10. The van der Waals surface area contributed by atoms with Crippen molar-refractivity contribution in [3.05, 3.63) is 28.2 Å². The standard InChI is InChI=1S/C11H16BrN3O2S/c1-9-10(12)3-2-4-11(9)14-18(16,17)15-7-5-13-6-8-15/h2-4,13-14H,5-8H2,1H3. The SMILES string of the molecule is Cc1c(Br)cccc1NS(=O)(=O)N1CCNCC1. The Morgan fingerprint density at radius 1 is 1.33 bits per heavy atom. The van der Waals surface area contributed by atoms with Crippen molar-refractivity contribution in [1.29, 1.82) is 0 Å². The zero-order valence-electron chi connectivity index (χ0n) is 10.1. The number of benzene rings is 1. The van der Waals surface area contributed by atoms with Crippen LogP contribution in [0, 0.1) is 6.92 Å². The molecule has 1 heterocycles. The van der Waals surface area contributed by atoms with Crippen LogP contribution in [-0.2, 0) is 10.2 Å². The largest absolute Gasteiger partial charge is 0.314 e. The van der Waals surface area contributed by atoms with E-state index in [4.69, 9.17) is 0 Å². The molecule has 1 aliphatic heterocycles. The predicted octanol–water partition coefficient (Wildman–Crippen LogP) is 1.32. The molecule has 1 aromatic carbocycles. The molecular formula is C11H16BrN3O2S. The van der Waals surface area contributed by atoms with E-state index in [1.54, 1.807) is 6.07 Å². The summed E-state index contributed by atoms with van der Waals surface area (Å²) in [6.45, 7) is 4.27.